The van der Waals surface area contributed by atoms with Crippen LogP contribution in [0.2, 0.25) is 0 Å². The smallest absolute Gasteiger partial charge is 0.320 e. The first-order chi connectivity index (χ1) is 9.49. The first-order valence-electron chi connectivity index (χ1n) is 7.81. The average Bonchev–Trinajstić information content (AvgIpc) is 2.46. The Morgan fingerprint density at radius 1 is 1.20 bits per heavy atom. The van der Waals surface area contributed by atoms with Crippen LogP contribution in [0, 0.1) is 5.92 Å². The van der Waals surface area contributed by atoms with Gasteiger partial charge in [0.25, 0.3) is 0 Å². The second-order valence-electron chi connectivity index (χ2n) is 6.42. The molecule has 3 unspecified atom stereocenters. The lowest BCUT2D eigenvalue weighted by Gasteiger charge is -2.43. The third kappa shape index (κ3) is 3.71. The summed E-state index contributed by atoms with van der Waals surface area (Å²) >= 11 is 0. The van der Waals surface area contributed by atoms with E-state index in [9.17, 15) is 4.79 Å². The van der Waals surface area contributed by atoms with Crippen molar-refractivity contribution >= 4 is 5.97 Å². The molecule has 5 heteroatoms. The van der Waals surface area contributed by atoms with Crippen LogP contribution in [-0.4, -0.2) is 71.8 Å². The maximum atomic E-state index is 11.0. The topological polar surface area (TPSA) is 53.0 Å². The SMILES string of the molecule is CC(C)C1CC(N2CCN(C(C)C(=O)O)CC2)CCO1. The zero-order valence-electron chi connectivity index (χ0n) is 12.9. The van der Waals surface area contributed by atoms with Crippen molar-refractivity contribution < 1.29 is 14.6 Å². The molecule has 0 aromatic carbocycles. The number of carboxylic acid groups (broad SMARTS) is 1. The van der Waals surface area contributed by atoms with Crippen molar-refractivity contribution in [2.75, 3.05) is 32.8 Å². The second-order valence-corrected chi connectivity index (χ2v) is 6.42. The van der Waals surface area contributed by atoms with E-state index in [1.54, 1.807) is 6.92 Å². The molecule has 1 N–H and O–H groups in total. The van der Waals surface area contributed by atoms with Gasteiger partial charge in [0, 0.05) is 38.8 Å². The van der Waals surface area contributed by atoms with E-state index in [4.69, 9.17) is 9.84 Å². The second kappa shape index (κ2) is 6.87. The fourth-order valence-corrected chi connectivity index (χ4v) is 3.25. The molecule has 2 fully saturated rings. The maximum absolute atomic E-state index is 11.0. The lowest BCUT2D eigenvalue weighted by atomic mass is 9.94. The monoisotopic (exact) mass is 284 g/mol. The molecule has 116 valence electrons. The summed E-state index contributed by atoms with van der Waals surface area (Å²) in [6, 6.07) is 0.244. The maximum Gasteiger partial charge on any atom is 0.320 e. The highest BCUT2D eigenvalue weighted by Crippen LogP contribution is 2.25. The quantitative estimate of drug-likeness (QED) is 0.843. The average molecular weight is 284 g/mol. The molecule has 2 aliphatic rings. The summed E-state index contributed by atoms with van der Waals surface area (Å²) in [5, 5.41) is 9.07. The molecule has 0 spiro atoms. The summed E-state index contributed by atoms with van der Waals surface area (Å²) < 4.78 is 5.84. The predicted molar refractivity (Wildman–Crippen MR) is 77.8 cm³/mol. The Kier molecular flexibility index (Phi) is 5.41. The van der Waals surface area contributed by atoms with E-state index in [0.717, 1.165) is 45.6 Å². The summed E-state index contributed by atoms with van der Waals surface area (Å²) in [4.78, 5) is 15.6. The minimum absolute atomic E-state index is 0.366. The highest BCUT2D eigenvalue weighted by atomic mass is 16.5. The van der Waals surface area contributed by atoms with Crippen LogP contribution in [0.25, 0.3) is 0 Å². The number of hydrogen-bond donors (Lipinski definition) is 1. The molecule has 3 atom stereocenters. The first kappa shape index (κ1) is 15.7. The first-order valence-corrected chi connectivity index (χ1v) is 7.81. The van der Waals surface area contributed by atoms with Crippen molar-refractivity contribution in [3.05, 3.63) is 0 Å². The third-order valence-electron chi connectivity index (χ3n) is 4.80. The van der Waals surface area contributed by atoms with Gasteiger partial charge in [-0.25, -0.2) is 0 Å². The lowest BCUT2D eigenvalue weighted by molar-refractivity contribution is -0.143. The van der Waals surface area contributed by atoms with E-state index in [1.165, 1.54) is 0 Å². The van der Waals surface area contributed by atoms with Gasteiger partial charge in [-0.15, -0.1) is 0 Å². The minimum Gasteiger partial charge on any atom is -0.480 e. The predicted octanol–water partition coefficient (Wildman–Crippen LogP) is 1.28. The van der Waals surface area contributed by atoms with Crippen molar-refractivity contribution in [3.63, 3.8) is 0 Å². The number of aliphatic carboxylic acids is 1. The number of carboxylic acids is 1. The van der Waals surface area contributed by atoms with Crippen LogP contribution in [0.3, 0.4) is 0 Å². The van der Waals surface area contributed by atoms with Crippen molar-refractivity contribution in [1.29, 1.82) is 0 Å². The summed E-state index contributed by atoms with van der Waals surface area (Å²) in [6.45, 7) is 10.8. The highest BCUT2D eigenvalue weighted by Gasteiger charge is 2.32. The Morgan fingerprint density at radius 2 is 1.85 bits per heavy atom. The molecule has 2 rings (SSSR count). The number of nitrogens with zero attached hydrogens (tertiary/aromatic N) is 2. The molecule has 0 bridgehead atoms. The summed E-state index contributed by atoms with van der Waals surface area (Å²) in [7, 11) is 0. The van der Waals surface area contributed by atoms with Gasteiger partial charge in [-0.2, -0.15) is 0 Å². The molecule has 0 aliphatic carbocycles. The molecule has 0 aromatic heterocycles. The Bertz CT molecular complexity index is 327. The van der Waals surface area contributed by atoms with E-state index in [0.29, 0.717) is 18.1 Å². The van der Waals surface area contributed by atoms with Crippen molar-refractivity contribution in [1.82, 2.24) is 9.80 Å². The summed E-state index contributed by atoms with van der Waals surface area (Å²) in [6.07, 6.45) is 2.61. The number of rotatable bonds is 4. The van der Waals surface area contributed by atoms with E-state index in [1.807, 2.05) is 0 Å². The van der Waals surface area contributed by atoms with Crippen LogP contribution in [0.1, 0.15) is 33.6 Å². The van der Waals surface area contributed by atoms with Crippen LogP contribution in [0.4, 0.5) is 0 Å². The molecule has 0 radical (unpaired) electrons. The fraction of sp³-hybridized carbons (Fsp3) is 0.933. The fourth-order valence-electron chi connectivity index (χ4n) is 3.25. The molecule has 0 aromatic rings. The van der Waals surface area contributed by atoms with Crippen molar-refractivity contribution in [2.45, 2.75) is 51.8 Å². The Hall–Kier alpha value is -0.650. The molecule has 20 heavy (non-hydrogen) atoms. The van der Waals surface area contributed by atoms with Crippen LogP contribution >= 0.6 is 0 Å². The Balaban J connectivity index is 1.83. The van der Waals surface area contributed by atoms with Gasteiger partial charge in [0.15, 0.2) is 0 Å². The van der Waals surface area contributed by atoms with E-state index in [-0.39, 0.29) is 6.04 Å². The van der Waals surface area contributed by atoms with Gasteiger partial charge >= 0.3 is 5.97 Å². The number of carbonyl (C=O) groups is 1. The van der Waals surface area contributed by atoms with E-state index < -0.39 is 5.97 Å². The Morgan fingerprint density at radius 3 is 2.40 bits per heavy atom. The zero-order valence-corrected chi connectivity index (χ0v) is 12.9. The van der Waals surface area contributed by atoms with Gasteiger partial charge in [-0.1, -0.05) is 13.8 Å². The lowest BCUT2D eigenvalue weighted by Crippen LogP contribution is -2.55. The number of hydrogen-bond acceptors (Lipinski definition) is 4. The van der Waals surface area contributed by atoms with Gasteiger partial charge in [0.2, 0.25) is 0 Å². The summed E-state index contributed by atoms with van der Waals surface area (Å²) in [5.41, 5.74) is 0. The van der Waals surface area contributed by atoms with Crippen LogP contribution in [-0.2, 0) is 9.53 Å². The van der Waals surface area contributed by atoms with Crippen molar-refractivity contribution in [3.8, 4) is 0 Å². The molecule has 0 saturated carbocycles. The largest absolute Gasteiger partial charge is 0.480 e. The molecule has 0 amide bonds. The highest BCUT2D eigenvalue weighted by molar-refractivity contribution is 5.72. The standard InChI is InChI=1S/C15H28N2O3/c1-11(2)14-10-13(4-9-20-14)17-7-5-16(6-8-17)12(3)15(18)19/h11-14H,4-10H2,1-3H3,(H,18,19). The van der Waals surface area contributed by atoms with Gasteiger partial charge in [0.05, 0.1) is 6.10 Å². The van der Waals surface area contributed by atoms with Crippen LogP contribution in [0.15, 0.2) is 0 Å². The van der Waals surface area contributed by atoms with Gasteiger partial charge in [0.1, 0.15) is 6.04 Å². The molecular weight excluding hydrogens is 256 g/mol. The normalized spacial score (nSPS) is 31.4. The van der Waals surface area contributed by atoms with E-state index in [2.05, 4.69) is 23.6 Å². The van der Waals surface area contributed by atoms with Gasteiger partial charge < -0.3 is 9.84 Å². The molecule has 5 nitrogen and oxygen atoms in total. The number of piperazine rings is 1. The van der Waals surface area contributed by atoms with Crippen molar-refractivity contribution in [2.24, 2.45) is 5.92 Å². The molecule has 2 aliphatic heterocycles. The molecule has 2 saturated heterocycles. The van der Waals surface area contributed by atoms with E-state index >= 15 is 0 Å². The Labute approximate surface area is 121 Å². The molecular formula is C15H28N2O3. The molecule has 2 heterocycles. The number of ether oxygens (including phenoxy) is 1. The summed E-state index contributed by atoms with van der Waals surface area (Å²) in [5.74, 6) is -0.143. The van der Waals surface area contributed by atoms with Gasteiger partial charge in [-0.05, 0) is 25.7 Å². The van der Waals surface area contributed by atoms with Crippen LogP contribution < -0.4 is 0 Å². The third-order valence-corrected chi connectivity index (χ3v) is 4.80. The van der Waals surface area contributed by atoms with Gasteiger partial charge in [-0.3, -0.25) is 14.6 Å². The minimum atomic E-state index is -0.718. The van der Waals surface area contributed by atoms with Crippen LogP contribution in [0.5, 0.6) is 0 Å². The zero-order chi connectivity index (χ0) is 14.7.